The molecule has 0 unspecified atom stereocenters. The lowest BCUT2D eigenvalue weighted by molar-refractivity contribution is 0.401. The third-order valence-corrected chi connectivity index (χ3v) is 2.88. The van der Waals surface area contributed by atoms with Gasteiger partial charge < -0.3 is 10.6 Å². The van der Waals surface area contributed by atoms with Crippen LogP contribution in [0.1, 0.15) is 11.1 Å². The third-order valence-electron chi connectivity index (χ3n) is 1.87. The molecule has 1 rings (SSSR count). The topological polar surface area (TPSA) is 29.3 Å². The Labute approximate surface area is 87.9 Å². The van der Waals surface area contributed by atoms with Gasteiger partial charge in [0.2, 0.25) is 0 Å². The first-order valence-corrected chi connectivity index (χ1v) is 5.05. The number of hydrogen-bond donors (Lipinski definition) is 1. The predicted molar refractivity (Wildman–Crippen MR) is 59.4 cm³/mol. The highest BCUT2D eigenvalue weighted by Gasteiger charge is 2.04. The van der Waals surface area contributed by atoms with Crippen LogP contribution in [-0.4, -0.2) is 19.0 Å². The van der Waals surface area contributed by atoms with E-state index in [2.05, 4.69) is 41.0 Å². The minimum Gasteiger partial charge on any atom is -0.326 e. The van der Waals surface area contributed by atoms with E-state index in [1.54, 1.807) is 0 Å². The van der Waals surface area contributed by atoms with E-state index >= 15 is 0 Å². The molecule has 0 amide bonds. The summed E-state index contributed by atoms with van der Waals surface area (Å²) < 4.78 is 1.14. The molecule has 0 radical (unpaired) electrons. The Hall–Kier alpha value is -0.380. The molecule has 0 heterocycles. The quantitative estimate of drug-likeness (QED) is 0.879. The summed E-state index contributed by atoms with van der Waals surface area (Å²) in [6.07, 6.45) is 0. The fraction of sp³-hybridized carbons (Fsp3) is 0.400. The van der Waals surface area contributed by atoms with Crippen LogP contribution in [0.15, 0.2) is 22.7 Å². The molecule has 2 N–H and O–H groups in total. The normalized spacial score (nSPS) is 10.8. The molecule has 0 fully saturated rings. The van der Waals surface area contributed by atoms with Gasteiger partial charge in [-0.05, 0) is 25.2 Å². The number of benzene rings is 1. The van der Waals surface area contributed by atoms with Gasteiger partial charge >= 0.3 is 0 Å². The van der Waals surface area contributed by atoms with Crippen LogP contribution < -0.4 is 5.73 Å². The Morgan fingerprint density at radius 2 is 1.92 bits per heavy atom. The predicted octanol–water partition coefficient (Wildman–Crippen LogP) is 1.97. The van der Waals surface area contributed by atoms with Crippen molar-refractivity contribution in [3.05, 3.63) is 33.8 Å². The Kier molecular flexibility index (Phi) is 3.90. The highest BCUT2D eigenvalue weighted by molar-refractivity contribution is 9.10. The molecule has 0 aliphatic carbocycles. The Morgan fingerprint density at radius 1 is 1.31 bits per heavy atom. The average molecular weight is 243 g/mol. The lowest BCUT2D eigenvalue weighted by atomic mass is 10.1. The first-order chi connectivity index (χ1) is 6.15. The molecule has 0 aromatic heterocycles. The molecule has 0 aliphatic rings. The van der Waals surface area contributed by atoms with E-state index in [0.717, 1.165) is 11.0 Å². The Balaban J connectivity index is 2.94. The van der Waals surface area contributed by atoms with Crippen LogP contribution in [0.25, 0.3) is 0 Å². The van der Waals surface area contributed by atoms with Crippen molar-refractivity contribution >= 4 is 15.9 Å². The number of halogens is 1. The summed E-state index contributed by atoms with van der Waals surface area (Å²) in [5.74, 6) is 0. The zero-order valence-electron chi connectivity index (χ0n) is 8.05. The monoisotopic (exact) mass is 242 g/mol. The van der Waals surface area contributed by atoms with Crippen LogP contribution in [0, 0.1) is 0 Å². The maximum absolute atomic E-state index is 5.61. The molecule has 0 spiro atoms. The fourth-order valence-corrected chi connectivity index (χ4v) is 1.81. The van der Waals surface area contributed by atoms with E-state index in [1.807, 2.05) is 12.1 Å². The smallest absolute Gasteiger partial charge is 0.0265 e. The minimum absolute atomic E-state index is 0.585. The van der Waals surface area contributed by atoms with Crippen LogP contribution in [0.5, 0.6) is 0 Å². The molecular weight excluding hydrogens is 228 g/mol. The van der Waals surface area contributed by atoms with E-state index in [1.165, 1.54) is 11.1 Å². The molecular formula is C10H15BrN2. The number of hydrogen-bond acceptors (Lipinski definition) is 2. The van der Waals surface area contributed by atoms with E-state index in [0.29, 0.717) is 6.54 Å². The first-order valence-electron chi connectivity index (χ1n) is 4.26. The summed E-state index contributed by atoms with van der Waals surface area (Å²) in [6.45, 7) is 1.52. The van der Waals surface area contributed by atoms with E-state index in [4.69, 9.17) is 5.73 Å². The largest absolute Gasteiger partial charge is 0.326 e. The van der Waals surface area contributed by atoms with Gasteiger partial charge in [-0.2, -0.15) is 0 Å². The molecule has 0 saturated heterocycles. The number of rotatable bonds is 3. The summed E-state index contributed by atoms with van der Waals surface area (Å²) in [5.41, 5.74) is 8.06. The SMILES string of the molecule is CN(C)Cc1cccc(CN)c1Br. The minimum atomic E-state index is 0.585. The van der Waals surface area contributed by atoms with E-state index in [-0.39, 0.29) is 0 Å². The zero-order chi connectivity index (χ0) is 9.84. The lowest BCUT2D eigenvalue weighted by Gasteiger charge is -2.13. The van der Waals surface area contributed by atoms with E-state index < -0.39 is 0 Å². The van der Waals surface area contributed by atoms with Crippen LogP contribution in [-0.2, 0) is 13.1 Å². The van der Waals surface area contributed by atoms with E-state index in [9.17, 15) is 0 Å². The highest BCUT2D eigenvalue weighted by atomic mass is 79.9. The standard InChI is InChI=1S/C10H15BrN2/c1-13(2)7-9-5-3-4-8(6-12)10(9)11/h3-5H,6-7,12H2,1-2H3. The number of nitrogens with zero attached hydrogens (tertiary/aromatic N) is 1. The summed E-state index contributed by atoms with van der Waals surface area (Å²) >= 11 is 3.56. The van der Waals surface area contributed by atoms with Crippen molar-refractivity contribution in [1.29, 1.82) is 0 Å². The molecule has 0 bridgehead atoms. The van der Waals surface area contributed by atoms with Crippen molar-refractivity contribution in [2.24, 2.45) is 5.73 Å². The van der Waals surface area contributed by atoms with Gasteiger partial charge in [0.05, 0.1) is 0 Å². The third kappa shape index (κ3) is 2.79. The van der Waals surface area contributed by atoms with Crippen molar-refractivity contribution in [3.8, 4) is 0 Å². The Bertz CT molecular complexity index is 284. The second-order valence-corrected chi connectivity index (χ2v) is 4.13. The van der Waals surface area contributed by atoms with Gasteiger partial charge in [0, 0.05) is 17.6 Å². The molecule has 0 aliphatic heterocycles. The second-order valence-electron chi connectivity index (χ2n) is 3.33. The number of nitrogens with two attached hydrogens (primary N) is 1. The highest BCUT2D eigenvalue weighted by Crippen LogP contribution is 2.22. The first kappa shape index (κ1) is 10.7. The van der Waals surface area contributed by atoms with Crippen LogP contribution in [0.2, 0.25) is 0 Å². The van der Waals surface area contributed by atoms with Gasteiger partial charge in [-0.3, -0.25) is 0 Å². The van der Waals surface area contributed by atoms with Gasteiger partial charge in [0.1, 0.15) is 0 Å². The van der Waals surface area contributed by atoms with Crippen molar-refractivity contribution in [2.75, 3.05) is 14.1 Å². The summed E-state index contributed by atoms with van der Waals surface area (Å²) in [4.78, 5) is 2.14. The van der Waals surface area contributed by atoms with Gasteiger partial charge in [-0.15, -0.1) is 0 Å². The molecule has 0 saturated carbocycles. The summed E-state index contributed by atoms with van der Waals surface area (Å²) in [6, 6.07) is 6.21. The van der Waals surface area contributed by atoms with Crippen molar-refractivity contribution in [1.82, 2.24) is 4.90 Å². The average Bonchev–Trinajstić information content (AvgIpc) is 2.08. The lowest BCUT2D eigenvalue weighted by Crippen LogP contribution is -2.12. The summed E-state index contributed by atoms with van der Waals surface area (Å²) in [7, 11) is 4.11. The van der Waals surface area contributed by atoms with Crippen molar-refractivity contribution in [2.45, 2.75) is 13.1 Å². The molecule has 1 aromatic rings. The molecule has 72 valence electrons. The van der Waals surface area contributed by atoms with Gasteiger partial charge in [-0.1, -0.05) is 34.1 Å². The van der Waals surface area contributed by atoms with Crippen LogP contribution >= 0.6 is 15.9 Å². The molecule has 13 heavy (non-hydrogen) atoms. The van der Waals surface area contributed by atoms with Crippen molar-refractivity contribution < 1.29 is 0 Å². The summed E-state index contributed by atoms with van der Waals surface area (Å²) in [5, 5.41) is 0. The maximum atomic E-state index is 5.61. The Morgan fingerprint density at radius 3 is 2.46 bits per heavy atom. The molecule has 3 heteroatoms. The fourth-order valence-electron chi connectivity index (χ4n) is 1.25. The molecule has 1 aromatic carbocycles. The molecule has 2 nitrogen and oxygen atoms in total. The maximum Gasteiger partial charge on any atom is 0.0265 e. The van der Waals surface area contributed by atoms with Crippen LogP contribution in [0.3, 0.4) is 0 Å². The van der Waals surface area contributed by atoms with Crippen molar-refractivity contribution in [3.63, 3.8) is 0 Å². The second kappa shape index (κ2) is 4.74. The zero-order valence-corrected chi connectivity index (χ0v) is 9.63. The van der Waals surface area contributed by atoms with Gasteiger partial charge in [0.15, 0.2) is 0 Å². The molecule has 0 atom stereocenters. The van der Waals surface area contributed by atoms with Crippen LogP contribution in [0.4, 0.5) is 0 Å². The van der Waals surface area contributed by atoms with Gasteiger partial charge in [0.25, 0.3) is 0 Å². The van der Waals surface area contributed by atoms with Gasteiger partial charge in [-0.25, -0.2) is 0 Å².